The monoisotopic (exact) mass is 288 g/mol. The molecule has 0 bridgehead atoms. The first-order chi connectivity index (χ1) is 9.69. The highest BCUT2D eigenvalue weighted by molar-refractivity contribution is 7.99. The molecule has 2 heterocycles. The molecule has 1 aliphatic rings. The molecule has 106 valence electrons. The summed E-state index contributed by atoms with van der Waals surface area (Å²) < 4.78 is 1.99. The summed E-state index contributed by atoms with van der Waals surface area (Å²) in [6.45, 7) is 4.94. The van der Waals surface area contributed by atoms with Crippen molar-refractivity contribution in [2.75, 3.05) is 5.75 Å². The van der Waals surface area contributed by atoms with E-state index in [1.165, 1.54) is 10.5 Å². The van der Waals surface area contributed by atoms with Gasteiger partial charge in [0.2, 0.25) is 0 Å². The maximum Gasteiger partial charge on any atom is 0.0672 e. The summed E-state index contributed by atoms with van der Waals surface area (Å²) in [5.74, 6) is 1.21. The van der Waals surface area contributed by atoms with Crippen molar-refractivity contribution in [2.24, 2.45) is 0 Å². The first-order valence-electron chi connectivity index (χ1n) is 7.12. The molecule has 2 atom stereocenters. The number of aryl methyl sites for hydroxylation is 2. The molecule has 0 saturated heterocycles. The van der Waals surface area contributed by atoms with E-state index in [9.17, 15) is 5.11 Å². The maximum absolute atomic E-state index is 10.6. The first-order valence-corrected chi connectivity index (χ1v) is 8.10. The number of fused-ring (bicyclic) bond motifs is 1. The highest BCUT2D eigenvalue weighted by Gasteiger charge is 2.29. The number of thioether (sulfide) groups is 1. The van der Waals surface area contributed by atoms with E-state index in [-0.39, 0.29) is 12.0 Å². The van der Waals surface area contributed by atoms with Crippen LogP contribution < -0.4 is 0 Å². The van der Waals surface area contributed by atoms with Gasteiger partial charge in [-0.2, -0.15) is 5.10 Å². The van der Waals surface area contributed by atoms with Gasteiger partial charge in [0.15, 0.2) is 0 Å². The SMILES string of the molecule is CCn1nc(C)cc1CC(O)C1CSc2ccccc21. The van der Waals surface area contributed by atoms with Gasteiger partial charge < -0.3 is 5.11 Å². The number of rotatable bonds is 4. The molecule has 0 spiro atoms. The van der Waals surface area contributed by atoms with Gasteiger partial charge >= 0.3 is 0 Å². The Kier molecular flexibility index (Phi) is 3.85. The number of aliphatic hydroxyl groups is 1. The highest BCUT2D eigenvalue weighted by Crippen LogP contribution is 2.41. The molecule has 2 unspecified atom stereocenters. The van der Waals surface area contributed by atoms with Gasteiger partial charge in [-0.25, -0.2) is 0 Å². The van der Waals surface area contributed by atoms with Crippen LogP contribution in [0.3, 0.4) is 0 Å². The Bertz CT molecular complexity index is 608. The van der Waals surface area contributed by atoms with Crippen molar-refractivity contribution < 1.29 is 5.11 Å². The van der Waals surface area contributed by atoms with Crippen molar-refractivity contribution in [2.45, 2.75) is 43.7 Å². The molecular weight excluding hydrogens is 268 g/mol. The third-order valence-electron chi connectivity index (χ3n) is 3.90. The van der Waals surface area contributed by atoms with Crippen LogP contribution in [0.5, 0.6) is 0 Å². The number of hydrogen-bond donors (Lipinski definition) is 1. The molecule has 0 amide bonds. The molecule has 0 aliphatic carbocycles. The number of hydrogen-bond acceptors (Lipinski definition) is 3. The van der Waals surface area contributed by atoms with Crippen molar-refractivity contribution >= 4 is 11.8 Å². The lowest BCUT2D eigenvalue weighted by Gasteiger charge is -2.19. The Labute approximate surface area is 124 Å². The summed E-state index contributed by atoms with van der Waals surface area (Å²) >= 11 is 1.85. The molecular formula is C16H20N2OS. The van der Waals surface area contributed by atoms with Crippen LogP contribution in [-0.2, 0) is 13.0 Å². The molecule has 1 aliphatic heterocycles. The third kappa shape index (κ3) is 2.50. The van der Waals surface area contributed by atoms with Gasteiger partial charge in [0.05, 0.1) is 11.8 Å². The number of aromatic nitrogens is 2. The molecule has 3 rings (SSSR count). The van der Waals surface area contributed by atoms with Crippen LogP contribution in [-0.4, -0.2) is 26.7 Å². The van der Waals surface area contributed by atoms with Crippen LogP contribution in [0.25, 0.3) is 0 Å². The quantitative estimate of drug-likeness (QED) is 0.940. The van der Waals surface area contributed by atoms with Crippen molar-refractivity contribution in [3.05, 3.63) is 47.3 Å². The lowest BCUT2D eigenvalue weighted by Crippen LogP contribution is -2.22. The van der Waals surface area contributed by atoms with E-state index >= 15 is 0 Å². The third-order valence-corrected chi connectivity index (χ3v) is 5.11. The normalized spacial score (nSPS) is 19.1. The predicted molar refractivity (Wildman–Crippen MR) is 82.3 cm³/mol. The van der Waals surface area contributed by atoms with Gasteiger partial charge in [-0.1, -0.05) is 18.2 Å². The molecule has 3 nitrogen and oxygen atoms in total. The second-order valence-electron chi connectivity index (χ2n) is 5.32. The molecule has 0 fully saturated rings. The average molecular weight is 288 g/mol. The highest BCUT2D eigenvalue weighted by atomic mass is 32.2. The van der Waals surface area contributed by atoms with Gasteiger partial charge in [0, 0.05) is 35.2 Å². The number of aliphatic hydroxyl groups excluding tert-OH is 1. The van der Waals surface area contributed by atoms with E-state index < -0.39 is 0 Å². The minimum absolute atomic E-state index is 0.233. The standard InChI is InChI=1S/C16H20N2OS/c1-3-18-12(8-11(2)17-18)9-15(19)14-10-20-16-7-5-4-6-13(14)16/h4-8,14-15,19H,3,9-10H2,1-2H3. The molecule has 0 saturated carbocycles. The van der Waals surface area contributed by atoms with Crippen LogP contribution in [0.1, 0.15) is 29.8 Å². The molecule has 1 aromatic heterocycles. The second-order valence-corrected chi connectivity index (χ2v) is 6.38. The average Bonchev–Trinajstić information content (AvgIpc) is 3.02. The molecule has 20 heavy (non-hydrogen) atoms. The summed E-state index contributed by atoms with van der Waals surface area (Å²) in [6.07, 6.45) is 0.335. The molecule has 2 aromatic rings. The zero-order valence-electron chi connectivity index (χ0n) is 11.9. The zero-order valence-corrected chi connectivity index (χ0v) is 12.7. The smallest absolute Gasteiger partial charge is 0.0672 e. The topological polar surface area (TPSA) is 38.0 Å². The van der Waals surface area contributed by atoms with Crippen molar-refractivity contribution in [1.82, 2.24) is 9.78 Å². The largest absolute Gasteiger partial charge is 0.392 e. The Morgan fingerprint density at radius 1 is 1.45 bits per heavy atom. The van der Waals surface area contributed by atoms with Gasteiger partial charge in [0.1, 0.15) is 0 Å². The fourth-order valence-corrected chi connectivity index (χ4v) is 4.22. The van der Waals surface area contributed by atoms with Gasteiger partial charge in [-0.05, 0) is 31.5 Å². The summed E-state index contributed by atoms with van der Waals surface area (Å²) in [7, 11) is 0. The summed E-state index contributed by atoms with van der Waals surface area (Å²) in [4.78, 5) is 1.32. The van der Waals surface area contributed by atoms with Crippen LogP contribution >= 0.6 is 11.8 Å². The fourth-order valence-electron chi connectivity index (χ4n) is 2.90. The van der Waals surface area contributed by atoms with E-state index in [4.69, 9.17) is 0 Å². The van der Waals surface area contributed by atoms with E-state index in [1.54, 1.807) is 0 Å². The van der Waals surface area contributed by atoms with E-state index in [1.807, 2.05) is 23.4 Å². The summed E-state index contributed by atoms with van der Waals surface area (Å²) in [6, 6.07) is 10.5. The van der Waals surface area contributed by atoms with Crippen LogP contribution in [0.4, 0.5) is 0 Å². The zero-order chi connectivity index (χ0) is 14.1. The van der Waals surface area contributed by atoms with Crippen LogP contribution in [0, 0.1) is 6.92 Å². The lowest BCUT2D eigenvalue weighted by molar-refractivity contribution is 0.149. The van der Waals surface area contributed by atoms with Crippen molar-refractivity contribution in [1.29, 1.82) is 0 Å². The van der Waals surface area contributed by atoms with Crippen LogP contribution in [0.2, 0.25) is 0 Å². The summed E-state index contributed by atoms with van der Waals surface area (Å²) in [5, 5.41) is 15.1. The minimum atomic E-state index is -0.340. The molecule has 1 aromatic carbocycles. The van der Waals surface area contributed by atoms with Crippen LogP contribution in [0.15, 0.2) is 35.2 Å². The maximum atomic E-state index is 10.6. The fraction of sp³-hybridized carbons (Fsp3) is 0.438. The Balaban J connectivity index is 1.79. The van der Waals surface area contributed by atoms with E-state index in [2.05, 4.69) is 42.4 Å². The minimum Gasteiger partial charge on any atom is -0.392 e. The van der Waals surface area contributed by atoms with E-state index in [0.29, 0.717) is 6.42 Å². The Morgan fingerprint density at radius 3 is 3.05 bits per heavy atom. The first kappa shape index (κ1) is 13.7. The predicted octanol–water partition coefficient (Wildman–Crippen LogP) is 3.00. The molecule has 4 heteroatoms. The van der Waals surface area contributed by atoms with E-state index in [0.717, 1.165) is 23.7 Å². The Hall–Kier alpha value is -1.26. The molecule has 0 radical (unpaired) electrons. The number of nitrogens with zero attached hydrogens (tertiary/aromatic N) is 2. The van der Waals surface area contributed by atoms with Gasteiger partial charge in [0.25, 0.3) is 0 Å². The van der Waals surface area contributed by atoms with Crippen molar-refractivity contribution in [3.8, 4) is 0 Å². The van der Waals surface area contributed by atoms with Crippen molar-refractivity contribution in [3.63, 3.8) is 0 Å². The second kappa shape index (κ2) is 5.62. The Morgan fingerprint density at radius 2 is 2.25 bits per heavy atom. The van der Waals surface area contributed by atoms with Gasteiger partial charge in [-0.3, -0.25) is 4.68 Å². The summed E-state index contributed by atoms with van der Waals surface area (Å²) in [5.41, 5.74) is 3.45. The molecule has 1 N–H and O–H groups in total. The lowest BCUT2D eigenvalue weighted by atomic mass is 9.92. The number of benzene rings is 1. The van der Waals surface area contributed by atoms with Gasteiger partial charge in [-0.15, -0.1) is 11.8 Å².